The second-order valence-electron chi connectivity index (χ2n) is 7.48. The molecule has 1 aliphatic rings. The maximum absolute atomic E-state index is 4.73. The van der Waals surface area contributed by atoms with Crippen LogP contribution in [0.2, 0.25) is 0 Å². The molecule has 1 unspecified atom stereocenters. The Bertz CT molecular complexity index is 1090. The highest BCUT2D eigenvalue weighted by atomic mass is 32.1. The van der Waals surface area contributed by atoms with Crippen LogP contribution in [-0.2, 0) is 6.54 Å². The van der Waals surface area contributed by atoms with E-state index in [1.165, 1.54) is 29.7 Å². The first-order chi connectivity index (χ1) is 13.8. The van der Waals surface area contributed by atoms with Crippen LogP contribution in [0, 0.1) is 6.92 Å². The molecule has 1 aromatic carbocycles. The summed E-state index contributed by atoms with van der Waals surface area (Å²) in [7, 11) is 0. The normalized spacial score (nSPS) is 17.3. The van der Waals surface area contributed by atoms with Crippen LogP contribution in [-0.4, -0.2) is 32.6 Å². The molecular weight excluding hydrogens is 366 g/mol. The lowest BCUT2D eigenvalue weighted by Gasteiger charge is -2.35. The van der Waals surface area contributed by atoms with Gasteiger partial charge in [-0.3, -0.25) is 4.98 Å². The fourth-order valence-electron chi connectivity index (χ4n) is 4.26. The molecule has 6 heteroatoms. The van der Waals surface area contributed by atoms with Gasteiger partial charge in [0.05, 0.1) is 23.3 Å². The van der Waals surface area contributed by atoms with E-state index in [1.54, 1.807) is 11.3 Å². The van der Waals surface area contributed by atoms with Crippen molar-refractivity contribution in [3.05, 3.63) is 70.8 Å². The van der Waals surface area contributed by atoms with Crippen LogP contribution < -0.4 is 4.90 Å². The molecule has 3 aromatic heterocycles. The first-order valence-corrected chi connectivity index (χ1v) is 10.7. The molecule has 28 heavy (non-hydrogen) atoms. The van der Waals surface area contributed by atoms with Crippen LogP contribution in [0.1, 0.15) is 36.0 Å². The van der Waals surface area contributed by atoms with Crippen LogP contribution >= 0.6 is 11.3 Å². The third-order valence-electron chi connectivity index (χ3n) is 5.51. The standard InChI is InChI=1S/C22H23N5S/c1-16-11-21(19-6-2-3-7-20(19)25-16)26-9-4-5-17(12-26)22-23-8-10-27(22)13-18-14-28-15-24-18/h2-3,6-8,10-11,14-15,17H,4-5,9,12-13H2,1H3. The van der Waals surface area contributed by atoms with Crippen LogP contribution in [0.5, 0.6) is 0 Å². The van der Waals surface area contributed by atoms with Gasteiger partial charge >= 0.3 is 0 Å². The SMILES string of the molecule is Cc1cc(N2CCCC(c3nccn3Cc3cscn3)C2)c2ccccc2n1. The smallest absolute Gasteiger partial charge is 0.113 e. The van der Waals surface area contributed by atoms with Gasteiger partial charge in [-0.25, -0.2) is 9.97 Å². The highest BCUT2D eigenvalue weighted by Crippen LogP contribution is 2.33. The summed E-state index contributed by atoms with van der Waals surface area (Å²) in [5.74, 6) is 1.60. The number of aryl methyl sites for hydroxylation is 1. The summed E-state index contributed by atoms with van der Waals surface area (Å²) < 4.78 is 2.26. The van der Waals surface area contributed by atoms with Gasteiger partial charge in [0, 0.05) is 53.5 Å². The number of para-hydroxylation sites is 1. The zero-order chi connectivity index (χ0) is 18.9. The number of aromatic nitrogens is 4. The van der Waals surface area contributed by atoms with E-state index in [0.29, 0.717) is 5.92 Å². The molecule has 1 atom stereocenters. The minimum absolute atomic E-state index is 0.426. The van der Waals surface area contributed by atoms with E-state index >= 15 is 0 Å². The van der Waals surface area contributed by atoms with Gasteiger partial charge in [-0.05, 0) is 31.9 Å². The summed E-state index contributed by atoms with van der Waals surface area (Å²) in [4.78, 5) is 16.4. The van der Waals surface area contributed by atoms with Crippen LogP contribution in [0.3, 0.4) is 0 Å². The van der Waals surface area contributed by atoms with E-state index in [4.69, 9.17) is 9.97 Å². The minimum atomic E-state index is 0.426. The lowest BCUT2D eigenvalue weighted by Crippen LogP contribution is -2.35. The average Bonchev–Trinajstić information content (AvgIpc) is 3.40. The maximum Gasteiger partial charge on any atom is 0.113 e. The van der Waals surface area contributed by atoms with Gasteiger partial charge in [-0.1, -0.05) is 18.2 Å². The van der Waals surface area contributed by atoms with E-state index in [9.17, 15) is 0 Å². The highest BCUT2D eigenvalue weighted by molar-refractivity contribution is 7.07. The molecule has 0 bridgehead atoms. The number of thiazole rings is 1. The Kier molecular flexibility index (Phi) is 4.56. The van der Waals surface area contributed by atoms with E-state index < -0.39 is 0 Å². The van der Waals surface area contributed by atoms with Crippen molar-refractivity contribution in [2.75, 3.05) is 18.0 Å². The Morgan fingerprint density at radius 1 is 1.21 bits per heavy atom. The van der Waals surface area contributed by atoms with Gasteiger partial charge in [-0.2, -0.15) is 0 Å². The number of rotatable bonds is 4. The Balaban J connectivity index is 1.45. The summed E-state index contributed by atoms with van der Waals surface area (Å²) in [5, 5.41) is 3.35. The van der Waals surface area contributed by atoms with Crippen molar-refractivity contribution in [2.24, 2.45) is 0 Å². The van der Waals surface area contributed by atoms with E-state index in [-0.39, 0.29) is 0 Å². The molecule has 1 aliphatic heterocycles. The molecule has 142 valence electrons. The number of hydrogen-bond acceptors (Lipinski definition) is 5. The summed E-state index contributed by atoms with van der Waals surface area (Å²) in [6.45, 7) is 4.95. The highest BCUT2D eigenvalue weighted by Gasteiger charge is 2.26. The number of anilines is 1. The predicted octanol–water partition coefficient (Wildman–Crippen LogP) is 4.63. The first-order valence-electron chi connectivity index (χ1n) is 9.77. The molecular formula is C22H23N5S. The Morgan fingerprint density at radius 2 is 2.14 bits per heavy atom. The number of imidazole rings is 1. The van der Waals surface area contributed by atoms with Gasteiger partial charge < -0.3 is 9.47 Å². The molecule has 0 spiro atoms. The first kappa shape index (κ1) is 17.4. The topological polar surface area (TPSA) is 46.8 Å². The Hall–Kier alpha value is -2.73. The van der Waals surface area contributed by atoms with Gasteiger partial charge in [0.2, 0.25) is 0 Å². The van der Waals surface area contributed by atoms with Crippen molar-refractivity contribution in [2.45, 2.75) is 32.2 Å². The monoisotopic (exact) mass is 389 g/mol. The zero-order valence-electron chi connectivity index (χ0n) is 16.0. The van der Waals surface area contributed by atoms with Crippen molar-refractivity contribution in [1.82, 2.24) is 19.5 Å². The number of hydrogen-bond donors (Lipinski definition) is 0. The third kappa shape index (κ3) is 3.29. The zero-order valence-corrected chi connectivity index (χ0v) is 16.8. The Morgan fingerprint density at radius 3 is 3.04 bits per heavy atom. The second kappa shape index (κ2) is 7.36. The summed E-state index contributed by atoms with van der Waals surface area (Å²) in [5.41, 5.74) is 6.44. The van der Waals surface area contributed by atoms with Crippen LogP contribution in [0.15, 0.2) is 53.6 Å². The predicted molar refractivity (Wildman–Crippen MR) is 114 cm³/mol. The quantitative estimate of drug-likeness (QED) is 0.511. The van der Waals surface area contributed by atoms with Crippen molar-refractivity contribution in [3.8, 4) is 0 Å². The van der Waals surface area contributed by atoms with Crippen molar-refractivity contribution >= 4 is 27.9 Å². The number of benzene rings is 1. The molecule has 0 aliphatic carbocycles. The Labute approximate surface area is 168 Å². The number of piperidine rings is 1. The molecule has 4 heterocycles. The van der Waals surface area contributed by atoms with E-state index in [2.05, 4.69) is 63.3 Å². The molecule has 4 aromatic rings. The lowest BCUT2D eigenvalue weighted by molar-refractivity contribution is 0.476. The molecule has 0 saturated carbocycles. The molecule has 5 nitrogen and oxygen atoms in total. The lowest BCUT2D eigenvalue weighted by atomic mass is 9.96. The van der Waals surface area contributed by atoms with Gasteiger partial charge in [0.25, 0.3) is 0 Å². The fraction of sp³-hybridized carbons (Fsp3) is 0.318. The van der Waals surface area contributed by atoms with Gasteiger partial charge in [0.1, 0.15) is 5.82 Å². The summed E-state index contributed by atoms with van der Waals surface area (Å²) in [6, 6.07) is 10.7. The van der Waals surface area contributed by atoms with E-state index in [0.717, 1.165) is 36.5 Å². The maximum atomic E-state index is 4.73. The van der Waals surface area contributed by atoms with Crippen molar-refractivity contribution < 1.29 is 0 Å². The van der Waals surface area contributed by atoms with Gasteiger partial charge in [0.15, 0.2) is 0 Å². The van der Waals surface area contributed by atoms with E-state index in [1.807, 2.05) is 11.7 Å². The number of fused-ring (bicyclic) bond motifs is 1. The second-order valence-corrected chi connectivity index (χ2v) is 8.20. The molecule has 0 amide bonds. The number of pyridine rings is 1. The molecule has 1 saturated heterocycles. The third-order valence-corrected chi connectivity index (χ3v) is 6.15. The largest absolute Gasteiger partial charge is 0.370 e. The van der Waals surface area contributed by atoms with Crippen LogP contribution in [0.4, 0.5) is 5.69 Å². The molecule has 1 fully saturated rings. The van der Waals surface area contributed by atoms with Crippen LogP contribution in [0.25, 0.3) is 10.9 Å². The fourth-order valence-corrected chi connectivity index (χ4v) is 4.81. The van der Waals surface area contributed by atoms with Crippen molar-refractivity contribution in [3.63, 3.8) is 0 Å². The minimum Gasteiger partial charge on any atom is -0.370 e. The van der Waals surface area contributed by atoms with Crippen molar-refractivity contribution in [1.29, 1.82) is 0 Å². The van der Waals surface area contributed by atoms with Gasteiger partial charge in [-0.15, -0.1) is 11.3 Å². The molecule has 5 rings (SSSR count). The average molecular weight is 390 g/mol. The molecule has 0 N–H and O–H groups in total. The summed E-state index contributed by atoms with van der Waals surface area (Å²) >= 11 is 1.64. The number of nitrogens with zero attached hydrogens (tertiary/aromatic N) is 5. The summed E-state index contributed by atoms with van der Waals surface area (Å²) in [6.07, 6.45) is 6.35. The molecule has 0 radical (unpaired) electrons.